The monoisotopic (exact) mass is 185 g/mol. The Morgan fingerprint density at radius 3 is 2.17 bits per heavy atom. The number of hydrogen-bond acceptors (Lipinski definition) is 1. The molecule has 1 aromatic rings. The summed E-state index contributed by atoms with van der Waals surface area (Å²) in [6.45, 7) is 4.33. The lowest BCUT2D eigenvalue weighted by molar-refractivity contribution is 1.04. The minimum absolute atomic E-state index is 0. The summed E-state index contributed by atoms with van der Waals surface area (Å²) in [6.07, 6.45) is 2.18. The van der Waals surface area contributed by atoms with Crippen molar-refractivity contribution >= 4 is 18.1 Å². The molecule has 68 valence electrons. The Bertz CT molecular complexity index is 246. The van der Waals surface area contributed by atoms with E-state index in [-0.39, 0.29) is 12.4 Å². The van der Waals surface area contributed by atoms with Crippen molar-refractivity contribution in [3.8, 4) is 0 Å². The van der Waals surface area contributed by atoms with Crippen LogP contribution in [0, 0.1) is 0 Å². The largest absolute Gasteiger partial charge is 0.399 e. The third kappa shape index (κ3) is 2.42. The fraction of sp³-hybridized carbons (Fsp3) is 0.400. The average Bonchev–Trinajstić information content (AvgIpc) is 2.04. The second-order valence-corrected chi connectivity index (χ2v) is 2.74. The summed E-state index contributed by atoms with van der Waals surface area (Å²) in [4.78, 5) is 0. The molecule has 1 aromatic carbocycles. The molecule has 0 spiro atoms. The van der Waals surface area contributed by atoms with E-state index in [2.05, 4.69) is 26.0 Å². The maximum absolute atomic E-state index is 5.66. The van der Waals surface area contributed by atoms with E-state index in [0.717, 1.165) is 18.5 Å². The molecule has 0 saturated carbocycles. The van der Waals surface area contributed by atoms with E-state index in [9.17, 15) is 0 Å². The van der Waals surface area contributed by atoms with Crippen molar-refractivity contribution in [3.63, 3.8) is 0 Å². The molecule has 2 N–H and O–H groups in total. The van der Waals surface area contributed by atoms with Gasteiger partial charge in [0.1, 0.15) is 0 Å². The molecular formula is C10H16ClN. The number of nitrogens with two attached hydrogens (primary N) is 1. The molecule has 0 radical (unpaired) electrons. The first-order valence-electron chi connectivity index (χ1n) is 4.15. The predicted octanol–water partition coefficient (Wildman–Crippen LogP) is 2.82. The number of halogens is 1. The van der Waals surface area contributed by atoms with Crippen LogP contribution < -0.4 is 5.73 Å². The van der Waals surface area contributed by atoms with Crippen LogP contribution in [0.4, 0.5) is 5.69 Å². The molecule has 1 nitrogen and oxygen atoms in total. The topological polar surface area (TPSA) is 26.0 Å². The first-order chi connectivity index (χ1) is 5.27. The Labute approximate surface area is 80.4 Å². The van der Waals surface area contributed by atoms with Gasteiger partial charge in [-0.05, 0) is 36.1 Å². The molecule has 0 aliphatic heterocycles. The molecule has 0 heterocycles. The van der Waals surface area contributed by atoms with Crippen LogP contribution in [0.25, 0.3) is 0 Å². The molecule has 0 amide bonds. The van der Waals surface area contributed by atoms with Gasteiger partial charge in [0.2, 0.25) is 0 Å². The number of rotatable bonds is 2. The van der Waals surface area contributed by atoms with E-state index < -0.39 is 0 Å². The van der Waals surface area contributed by atoms with E-state index in [1.54, 1.807) is 0 Å². The number of nitrogen functional groups attached to an aromatic ring is 1. The smallest absolute Gasteiger partial charge is 0.0316 e. The second kappa shape index (κ2) is 5.04. The summed E-state index contributed by atoms with van der Waals surface area (Å²) in [7, 11) is 0. The van der Waals surface area contributed by atoms with Gasteiger partial charge in [-0.3, -0.25) is 0 Å². The molecule has 2 heteroatoms. The third-order valence-corrected chi connectivity index (χ3v) is 1.99. The fourth-order valence-corrected chi connectivity index (χ4v) is 1.32. The maximum Gasteiger partial charge on any atom is 0.0316 e. The summed E-state index contributed by atoms with van der Waals surface area (Å²) >= 11 is 0. The van der Waals surface area contributed by atoms with Crippen LogP contribution in [0.1, 0.15) is 25.0 Å². The molecule has 0 bridgehead atoms. The zero-order valence-electron chi connectivity index (χ0n) is 7.63. The lowest BCUT2D eigenvalue weighted by atomic mass is 10.0. The van der Waals surface area contributed by atoms with Crippen molar-refractivity contribution in [1.82, 2.24) is 0 Å². The average molecular weight is 186 g/mol. The minimum atomic E-state index is 0. The van der Waals surface area contributed by atoms with Gasteiger partial charge >= 0.3 is 0 Å². The van der Waals surface area contributed by atoms with Crippen LogP contribution in [0.2, 0.25) is 0 Å². The van der Waals surface area contributed by atoms with Crippen molar-refractivity contribution in [2.45, 2.75) is 26.7 Å². The molecule has 1 rings (SSSR count). The maximum atomic E-state index is 5.66. The quantitative estimate of drug-likeness (QED) is 0.705. The normalized spacial score (nSPS) is 9.17. The number of aryl methyl sites for hydroxylation is 2. The van der Waals surface area contributed by atoms with Crippen LogP contribution in [0.3, 0.4) is 0 Å². The highest BCUT2D eigenvalue weighted by Crippen LogP contribution is 2.14. The van der Waals surface area contributed by atoms with Crippen molar-refractivity contribution < 1.29 is 0 Å². The SMILES string of the molecule is CCc1ccc(N)cc1CC.Cl. The van der Waals surface area contributed by atoms with Crippen LogP contribution in [-0.4, -0.2) is 0 Å². The predicted molar refractivity (Wildman–Crippen MR) is 56.9 cm³/mol. The van der Waals surface area contributed by atoms with Crippen molar-refractivity contribution in [1.29, 1.82) is 0 Å². The number of hydrogen-bond donors (Lipinski definition) is 1. The second-order valence-electron chi connectivity index (χ2n) is 2.74. The van der Waals surface area contributed by atoms with E-state index in [4.69, 9.17) is 5.73 Å². The highest BCUT2D eigenvalue weighted by atomic mass is 35.5. The van der Waals surface area contributed by atoms with Gasteiger partial charge in [-0.1, -0.05) is 19.9 Å². The Morgan fingerprint density at radius 2 is 1.67 bits per heavy atom. The Morgan fingerprint density at radius 1 is 1.08 bits per heavy atom. The van der Waals surface area contributed by atoms with E-state index in [1.807, 2.05) is 6.07 Å². The van der Waals surface area contributed by atoms with Gasteiger partial charge in [0.05, 0.1) is 0 Å². The standard InChI is InChI=1S/C10H15N.ClH/c1-3-8-5-6-10(11)7-9(8)4-2;/h5-7H,3-4,11H2,1-2H3;1H. The first kappa shape index (κ1) is 11.3. The molecule has 0 saturated heterocycles. The van der Waals surface area contributed by atoms with Crippen LogP contribution in [-0.2, 0) is 12.8 Å². The zero-order chi connectivity index (χ0) is 8.27. The van der Waals surface area contributed by atoms with Gasteiger partial charge in [0.15, 0.2) is 0 Å². The highest BCUT2D eigenvalue weighted by molar-refractivity contribution is 5.85. The van der Waals surface area contributed by atoms with Crippen molar-refractivity contribution in [2.75, 3.05) is 5.73 Å². The summed E-state index contributed by atoms with van der Waals surface area (Å²) in [5.41, 5.74) is 9.33. The molecule has 0 fully saturated rings. The van der Waals surface area contributed by atoms with Gasteiger partial charge in [-0.2, -0.15) is 0 Å². The van der Waals surface area contributed by atoms with Gasteiger partial charge in [-0.25, -0.2) is 0 Å². The fourth-order valence-electron chi connectivity index (χ4n) is 1.32. The lowest BCUT2D eigenvalue weighted by Gasteiger charge is -2.05. The molecule has 0 atom stereocenters. The third-order valence-electron chi connectivity index (χ3n) is 1.99. The molecule has 0 aliphatic rings. The van der Waals surface area contributed by atoms with Crippen molar-refractivity contribution in [3.05, 3.63) is 29.3 Å². The number of anilines is 1. The minimum Gasteiger partial charge on any atom is -0.399 e. The molecular weight excluding hydrogens is 170 g/mol. The van der Waals surface area contributed by atoms with Crippen LogP contribution in [0.15, 0.2) is 18.2 Å². The number of benzene rings is 1. The van der Waals surface area contributed by atoms with Crippen LogP contribution >= 0.6 is 12.4 Å². The summed E-state index contributed by atoms with van der Waals surface area (Å²) in [6, 6.07) is 6.16. The van der Waals surface area contributed by atoms with Gasteiger partial charge < -0.3 is 5.73 Å². The molecule has 12 heavy (non-hydrogen) atoms. The van der Waals surface area contributed by atoms with Crippen molar-refractivity contribution in [2.24, 2.45) is 0 Å². The lowest BCUT2D eigenvalue weighted by Crippen LogP contribution is -1.93. The molecule has 0 aliphatic carbocycles. The Balaban J connectivity index is 0.00000121. The van der Waals surface area contributed by atoms with E-state index >= 15 is 0 Å². The van der Waals surface area contributed by atoms with E-state index in [1.165, 1.54) is 11.1 Å². The molecule has 0 unspecified atom stereocenters. The Kier molecular flexibility index (Phi) is 4.75. The van der Waals surface area contributed by atoms with E-state index in [0.29, 0.717) is 0 Å². The first-order valence-corrected chi connectivity index (χ1v) is 4.15. The Hall–Kier alpha value is -0.690. The van der Waals surface area contributed by atoms with Gasteiger partial charge in [0.25, 0.3) is 0 Å². The molecule has 0 aromatic heterocycles. The highest BCUT2D eigenvalue weighted by Gasteiger charge is 1.97. The summed E-state index contributed by atoms with van der Waals surface area (Å²) < 4.78 is 0. The zero-order valence-corrected chi connectivity index (χ0v) is 8.45. The summed E-state index contributed by atoms with van der Waals surface area (Å²) in [5, 5.41) is 0. The van der Waals surface area contributed by atoms with Gasteiger partial charge in [0, 0.05) is 5.69 Å². The van der Waals surface area contributed by atoms with Gasteiger partial charge in [-0.15, -0.1) is 12.4 Å². The van der Waals surface area contributed by atoms with Crippen LogP contribution in [0.5, 0.6) is 0 Å². The summed E-state index contributed by atoms with van der Waals surface area (Å²) in [5.74, 6) is 0.